The Morgan fingerprint density at radius 1 is 1.00 bits per heavy atom. The molecule has 2 aromatic heterocycles. The van der Waals surface area contributed by atoms with Crippen LogP contribution in [0, 0.1) is 25.5 Å². The lowest BCUT2D eigenvalue weighted by Gasteiger charge is -2.26. The van der Waals surface area contributed by atoms with Gasteiger partial charge < -0.3 is 14.6 Å². The third kappa shape index (κ3) is 9.39. The Labute approximate surface area is 288 Å². The fraction of sp³-hybridized carbons (Fsp3) is 0.286. The maximum absolute atomic E-state index is 15.1. The second kappa shape index (κ2) is 15.2. The maximum Gasteiger partial charge on any atom is 0.340 e. The molecular weight excluding hydrogens is 682 g/mol. The first-order chi connectivity index (χ1) is 24.1. The summed E-state index contributed by atoms with van der Waals surface area (Å²) in [7, 11) is 0. The van der Waals surface area contributed by atoms with Crippen LogP contribution in [0.25, 0.3) is 12.2 Å². The lowest BCUT2D eigenvalue weighted by atomic mass is 9.93. The number of hydrogen-bond donors (Lipinski definition) is 1. The van der Waals surface area contributed by atoms with E-state index in [1.54, 1.807) is 17.0 Å². The summed E-state index contributed by atoms with van der Waals surface area (Å²) in [5.74, 6) is -5.82. The van der Waals surface area contributed by atoms with Gasteiger partial charge in [0.15, 0.2) is 12.4 Å². The molecule has 51 heavy (non-hydrogen) atoms. The number of nitrogens with zero attached hydrogens (tertiary/aromatic N) is 6. The van der Waals surface area contributed by atoms with Gasteiger partial charge in [0.05, 0.1) is 13.1 Å². The molecule has 5 rings (SSSR count). The van der Waals surface area contributed by atoms with Gasteiger partial charge in [-0.1, -0.05) is 24.3 Å². The van der Waals surface area contributed by atoms with Crippen LogP contribution < -0.4 is 14.0 Å². The van der Waals surface area contributed by atoms with Gasteiger partial charge in [0, 0.05) is 23.7 Å². The Balaban J connectivity index is 1.30. The van der Waals surface area contributed by atoms with Gasteiger partial charge in [-0.2, -0.15) is 13.9 Å². The quantitative estimate of drug-likeness (QED) is 0.0684. The van der Waals surface area contributed by atoms with E-state index in [1.165, 1.54) is 59.3 Å². The van der Waals surface area contributed by atoms with Crippen molar-refractivity contribution in [3.8, 4) is 11.5 Å². The van der Waals surface area contributed by atoms with Gasteiger partial charge >= 0.3 is 18.3 Å². The smallest absolute Gasteiger partial charge is 0.340 e. The fourth-order valence-corrected chi connectivity index (χ4v) is 5.35. The van der Waals surface area contributed by atoms with Crippen molar-refractivity contribution in [2.24, 2.45) is 0 Å². The molecule has 268 valence electrons. The number of benzene rings is 3. The summed E-state index contributed by atoms with van der Waals surface area (Å²) in [5.41, 5.74) is 0.859. The van der Waals surface area contributed by atoms with Crippen LogP contribution in [0.15, 0.2) is 73.6 Å². The van der Waals surface area contributed by atoms with Crippen LogP contribution in [0.4, 0.5) is 26.3 Å². The first-order valence-electron chi connectivity index (χ1n) is 15.4. The molecule has 5 aromatic rings. The van der Waals surface area contributed by atoms with E-state index in [1.807, 2.05) is 26.0 Å². The van der Waals surface area contributed by atoms with Crippen molar-refractivity contribution in [3.63, 3.8) is 0 Å². The van der Waals surface area contributed by atoms with Crippen LogP contribution in [-0.4, -0.2) is 54.6 Å². The summed E-state index contributed by atoms with van der Waals surface area (Å²) >= 11 is 0. The zero-order valence-corrected chi connectivity index (χ0v) is 27.6. The van der Waals surface area contributed by atoms with E-state index in [-0.39, 0.29) is 30.2 Å². The first kappa shape index (κ1) is 36.8. The highest BCUT2D eigenvalue weighted by atomic mass is 19.3. The monoisotopic (exact) mass is 715 g/mol. The van der Waals surface area contributed by atoms with E-state index in [0.29, 0.717) is 23.9 Å². The van der Waals surface area contributed by atoms with Gasteiger partial charge in [0.2, 0.25) is 6.33 Å². The van der Waals surface area contributed by atoms with Gasteiger partial charge in [-0.05, 0) is 72.5 Å². The van der Waals surface area contributed by atoms with E-state index in [0.717, 1.165) is 28.8 Å². The van der Waals surface area contributed by atoms with Crippen LogP contribution in [-0.2, 0) is 30.0 Å². The molecule has 0 saturated carbocycles. The topological polar surface area (TPSA) is 108 Å². The second-order valence-corrected chi connectivity index (χ2v) is 12.0. The summed E-state index contributed by atoms with van der Waals surface area (Å²) in [5, 5.41) is 20.6. The zero-order chi connectivity index (χ0) is 36.9. The molecule has 0 fully saturated rings. The molecule has 0 aliphatic rings. The summed E-state index contributed by atoms with van der Waals surface area (Å²) in [6.07, 6.45) is 3.74. The third-order valence-electron chi connectivity index (χ3n) is 7.65. The lowest BCUT2D eigenvalue weighted by molar-refractivity contribution is -0.689. The molecule has 2 heterocycles. The van der Waals surface area contributed by atoms with Crippen molar-refractivity contribution in [3.05, 3.63) is 119 Å². The molecule has 1 N–H and O–H groups in total. The van der Waals surface area contributed by atoms with Crippen LogP contribution in [0.2, 0.25) is 0 Å². The number of aromatic nitrogens is 6. The summed E-state index contributed by atoms with van der Waals surface area (Å²) in [6, 6.07) is 12.3. The fourth-order valence-electron chi connectivity index (χ4n) is 5.35. The molecule has 3 aromatic carbocycles. The standard InChI is InChI=1S/C35H33F6N6O4/c1-22-12-26(13-23(2)32(22)51-24(3)48)15-45-20-43-47(21-45)17-34(49,29-10-7-27(36)14-30(29)37)16-46-19-42-31(44-46)11-6-25-4-8-28(9-5-25)50-18-35(40,41)33(38)39/h4-14,19-21,33,49H,15-18H2,1-3H3/q+1/t34-/m0/s1. The summed E-state index contributed by atoms with van der Waals surface area (Å²) in [6.45, 7) is 3.35. The van der Waals surface area contributed by atoms with Crippen molar-refractivity contribution in [1.29, 1.82) is 0 Å². The van der Waals surface area contributed by atoms with Crippen molar-refractivity contribution in [2.75, 3.05) is 6.61 Å². The zero-order valence-electron chi connectivity index (χ0n) is 27.6. The number of halogens is 6. The van der Waals surface area contributed by atoms with Crippen molar-refractivity contribution >= 4 is 18.1 Å². The minimum atomic E-state index is -4.28. The summed E-state index contributed by atoms with van der Waals surface area (Å²) in [4.78, 5) is 15.7. The van der Waals surface area contributed by atoms with Crippen LogP contribution >= 0.6 is 0 Å². The number of hydrogen-bond acceptors (Lipinski definition) is 7. The van der Waals surface area contributed by atoms with E-state index < -0.39 is 42.2 Å². The SMILES string of the molecule is CC(=O)Oc1c(C)cc(C[n+]2cnn(C[C@@](O)(Cn3cnc(C=Cc4ccc(OCC(F)(F)C(F)F)cc4)n3)c3ccc(F)cc3F)c2)cc1C. The average molecular weight is 716 g/mol. The van der Waals surface area contributed by atoms with Crippen molar-refractivity contribution < 1.29 is 50.3 Å². The minimum Gasteiger partial charge on any atom is -0.487 e. The van der Waals surface area contributed by atoms with Crippen molar-refractivity contribution in [2.45, 2.75) is 58.4 Å². The highest BCUT2D eigenvalue weighted by Gasteiger charge is 2.41. The highest BCUT2D eigenvalue weighted by Crippen LogP contribution is 2.29. The molecule has 1 atom stereocenters. The van der Waals surface area contributed by atoms with Crippen LogP contribution in [0.3, 0.4) is 0 Å². The van der Waals surface area contributed by atoms with Gasteiger partial charge in [0.1, 0.15) is 41.6 Å². The highest BCUT2D eigenvalue weighted by molar-refractivity contribution is 5.70. The van der Waals surface area contributed by atoms with E-state index >= 15 is 4.39 Å². The largest absolute Gasteiger partial charge is 0.487 e. The minimum absolute atomic E-state index is 0.0232. The Morgan fingerprint density at radius 3 is 2.33 bits per heavy atom. The molecule has 10 nitrogen and oxygen atoms in total. The van der Waals surface area contributed by atoms with E-state index in [2.05, 4.69) is 15.2 Å². The Morgan fingerprint density at radius 2 is 1.69 bits per heavy atom. The van der Waals surface area contributed by atoms with Crippen molar-refractivity contribution in [1.82, 2.24) is 24.5 Å². The molecule has 0 aliphatic heterocycles. The Bertz CT molecular complexity index is 2010. The molecule has 0 bridgehead atoms. The van der Waals surface area contributed by atoms with Crippen LogP contribution in [0.5, 0.6) is 11.5 Å². The summed E-state index contributed by atoms with van der Waals surface area (Å²) < 4.78 is 94.5. The molecule has 0 amide bonds. The van der Waals surface area contributed by atoms with E-state index in [9.17, 15) is 31.9 Å². The van der Waals surface area contributed by atoms with Gasteiger partial charge in [-0.3, -0.25) is 4.79 Å². The van der Waals surface area contributed by atoms with Gasteiger partial charge in [-0.15, -0.1) is 4.68 Å². The number of ether oxygens (including phenoxy) is 2. The number of esters is 1. The number of aliphatic hydroxyl groups is 1. The first-order valence-corrected chi connectivity index (χ1v) is 15.4. The van der Waals surface area contributed by atoms with Gasteiger partial charge in [-0.25, -0.2) is 31.8 Å². The molecule has 0 radical (unpaired) electrons. The second-order valence-electron chi connectivity index (χ2n) is 12.0. The third-order valence-corrected chi connectivity index (χ3v) is 7.65. The molecule has 16 heteroatoms. The maximum atomic E-state index is 15.1. The normalized spacial score (nSPS) is 13.2. The number of carbonyl (C=O) groups excluding carboxylic acids is 1. The molecule has 0 spiro atoms. The predicted molar refractivity (Wildman–Crippen MR) is 171 cm³/mol. The molecule has 0 unspecified atom stereocenters. The number of rotatable bonds is 14. The molecule has 0 saturated heterocycles. The Kier molecular flexibility index (Phi) is 10.9. The van der Waals surface area contributed by atoms with Gasteiger partial charge in [0.25, 0.3) is 6.33 Å². The lowest BCUT2D eigenvalue weighted by Crippen LogP contribution is -2.38. The average Bonchev–Trinajstić information content (AvgIpc) is 3.69. The predicted octanol–water partition coefficient (Wildman–Crippen LogP) is 5.67. The van der Waals surface area contributed by atoms with E-state index in [4.69, 9.17) is 9.47 Å². The Hall–Kier alpha value is -5.51. The molecule has 0 aliphatic carbocycles. The number of carbonyl (C=O) groups is 1. The molecular formula is C35H33F6N6O4+. The van der Waals surface area contributed by atoms with Crippen LogP contribution in [0.1, 0.15) is 40.6 Å². The number of aryl methyl sites for hydroxylation is 2. The number of alkyl halides is 4.